The number of aliphatic carboxylic acids is 1. The van der Waals surface area contributed by atoms with Crippen molar-refractivity contribution in [3.63, 3.8) is 0 Å². The molecule has 0 aromatic rings. The van der Waals surface area contributed by atoms with Crippen LogP contribution in [0.25, 0.3) is 0 Å². The van der Waals surface area contributed by atoms with Crippen LogP contribution in [-0.2, 0) is 4.79 Å². The number of amides is 2. The van der Waals surface area contributed by atoms with E-state index in [1.807, 2.05) is 0 Å². The van der Waals surface area contributed by atoms with Crippen molar-refractivity contribution in [2.75, 3.05) is 6.54 Å². The van der Waals surface area contributed by atoms with Crippen molar-refractivity contribution in [3.8, 4) is 0 Å². The first kappa shape index (κ1) is 11.7. The van der Waals surface area contributed by atoms with Crippen molar-refractivity contribution in [2.24, 2.45) is 5.73 Å². The number of hydrogen-bond acceptors (Lipinski definition) is 3. The summed E-state index contributed by atoms with van der Waals surface area (Å²) in [6.07, 6.45) is 1.84. The van der Waals surface area contributed by atoms with E-state index in [4.69, 9.17) is 5.73 Å². The zero-order valence-corrected chi connectivity index (χ0v) is 7.41. The molecule has 0 fully saturated rings. The van der Waals surface area contributed by atoms with E-state index < -0.39 is 18.0 Å². The Hall–Kier alpha value is -1.30. The van der Waals surface area contributed by atoms with Crippen LogP contribution in [0, 0.1) is 0 Å². The fourth-order valence-electron chi connectivity index (χ4n) is 0.845. The van der Waals surface area contributed by atoms with Crippen LogP contribution in [0.15, 0.2) is 0 Å². The Bertz CT molecular complexity index is 184. The first-order valence-corrected chi connectivity index (χ1v) is 4.11. The van der Waals surface area contributed by atoms with Gasteiger partial charge in [0, 0.05) is 13.0 Å². The molecule has 0 aromatic carbocycles. The van der Waals surface area contributed by atoms with Crippen molar-refractivity contribution in [1.82, 2.24) is 5.32 Å². The lowest BCUT2D eigenvalue weighted by Crippen LogP contribution is -2.68. The zero-order valence-electron chi connectivity index (χ0n) is 7.41. The molecule has 0 spiro atoms. The van der Waals surface area contributed by atoms with Gasteiger partial charge in [-0.2, -0.15) is 0 Å². The van der Waals surface area contributed by atoms with E-state index >= 15 is 0 Å². The number of quaternary nitrogens is 1. The second kappa shape index (κ2) is 6.24. The standard InChI is InChI=1S/C7H15N3O3/c8-5(6(11)12)3-1-2-4-10-7(9)13/h5H,1-4,8H2,(H,11,12)(H3,9,10,13)/t5-/m1/s1. The summed E-state index contributed by atoms with van der Waals surface area (Å²) in [5, 5.41) is 12.6. The molecule has 6 heteroatoms. The van der Waals surface area contributed by atoms with Gasteiger partial charge < -0.3 is 26.7 Å². The zero-order chi connectivity index (χ0) is 10.3. The number of urea groups is 1. The molecule has 0 bridgehead atoms. The molecule has 0 aliphatic carbocycles. The van der Waals surface area contributed by atoms with E-state index in [2.05, 4.69) is 11.1 Å². The highest BCUT2D eigenvalue weighted by molar-refractivity contribution is 5.71. The molecular weight excluding hydrogens is 174 g/mol. The van der Waals surface area contributed by atoms with Crippen molar-refractivity contribution < 1.29 is 20.4 Å². The van der Waals surface area contributed by atoms with E-state index in [0.717, 1.165) is 0 Å². The summed E-state index contributed by atoms with van der Waals surface area (Å²) in [6, 6.07) is -1.24. The van der Waals surface area contributed by atoms with Gasteiger partial charge in [0.2, 0.25) is 0 Å². The lowest BCUT2D eigenvalue weighted by Gasteiger charge is -2.08. The van der Waals surface area contributed by atoms with Gasteiger partial charge in [0.25, 0.3) is 0 Å². The molecular formula is C7H15N3O3. The number of carboxylic acid groups (broad SMARTS) is 1. The molecule has 0 aromatic heterocycles. The summed E-state index contributed by atoms with van der Waals surface area (Å²) in [4.78, 5) is 20.4. The summed E-state index contributed by atoms with van der Waals surface area (Å²) in [5.41, 5.74) is 8.21. The SMILES string of the molecule is NC(=O)NCCCC[C@@H]([NH3+])C(=O)[O-]. The van der Waals surface area contributed by atoms with Crippen LogP contribution < -0.4 is 21.9 Å². The van der Waals surface area contributed by atoms with Gasteiger partial charge >= 0.3 is 6.03 Å². The smallest absolute Gasteiger partial charge is 0.312 e. The van der Waals surface area contributed by atoms with Crippen LogP contribution in [0.3, 0.4) is 0 Å². The van der Waals surface area contributed by atoms with Crippen molar-refractivity contribution in [3.05, 3.63) is 0 Å². The topological polar surface area (TPSA) is 123 Å². The molecule has 2 amide bonds. The van der Waals surface area contributed by atoms with Crippen LogP contribution in [0.1, 0.15) is 19.3 Å². The van der Waals surface area contributed by atoms with Gasteiger partial charge in [-0.25, -0.2) is 4.79 Å². The minimum atomic E-state index is -1.14. The fourth-order valence-corrected chi connectivity index (χ4v) is 0.845. The number of unbranched alkanes of at least 4 members (excludes halogenated alkanes) is 1. The van der Waals surface area contributed by atoms with E-state index in [9.17, 15) is 14.7 Å². The molecule has 0 heterocycles. The third kappa shape index (κ3) is 7.07. The number of primary amides is 1. The third-order valence-electron chi connectivity index (χ3n) is 1.61. The largest absolute Gasteiger partial charge is 0.544 e. The van der Waals surface area contributed by atoms with Gasteiger partial charge in [0.05, 0.1) is 5.97 Å². The Morgan fingerprint density at radius 2 is 2.08 bits per heavy atom. The second-order valence-electron chi connectivity index (χ2n) is 2.80. The van der Waals surface area contributed by atoms with Gasteiger partial charge in [-0.15, -0.1) is 0 Å². The minimum absolute atomic E-state index is 0.461. The Labute approximate surface area is 76.3 Å². The van der Waals surface area contributed by atoms with E-state index in [-0.39, 0.29) is 0 Å². The molecule has 0 radical (unpaired) electrons. The highest BCUT2D eigenvalue weighted by atomic mass is 16.4. The Morgan fingerprint density at radius 1 is 1.46 bits per heavy atom. The van der Waals surface area contributed by atoms with Crippen LogP contribution in [0.4, 0.5) is 4.79 Å². The van der Waals surface area contributed by atoms with Crippen LogP contribution in [-0.4, -0.2) is 24.6 Å². The summed E-state index contributed by atoms with van der Waals surface area (Å²) in [5.74, 6) is -1.14. The molecule has 0 aliphatic rings. The van der Waals surface area contributed by atoms with E-state index in [1.54, 1.807) is 0 Å². The molecule has 0 rings (SSSR count). The molecule has 76 valence electrons. The third-order valence-corrected chi connectivity index (χ3v) is 1.61. The first-order chi connectivity index (χ1) is 6.04. The second-order valence-corrected chi connectivity index (χ2v) is 2.80. The van der Waals surface area contributed by atoms with Crippen LogP contribution >= 0.6 is 0 Å². The molecule has 6 nitrogen and oxygen atoms in total. The van der Waals surface area contributed by atoms with Crippen molar-refractivity contribution in [2.45, 2.75) is 25.3 Å². The number of carbonyl (C=O) groups is 2. The summed E-state index contributed by atoms with van der Waals surface area (Å²) < 4.78 is 0. The average molecular weight is 189 g/mol. The van der Waals surface area contributed by atoms with Crippen LogP contribution in [0.2, 0.25) is 0 Å². The lowest BCUT2D eigenvalue weighted by atomic mass is 10.1. The van der Waals surface area contributed by atoms with Crippen molar-refractivity contribution >= 4 is 12.0 Å². The Morgan fingerprint density at radius 3 is 2.54 bits per heavy atom. The Kier molecular flexibility index (Phi) is 5.62. The molecule has 0 saturated carbocycles. The lowest BCUT2D eigenvalue weighted by molar-refractivity contribution is -0.438. The molecule has 13 heavy (non-hydrogen) atoms. The number of nitrogens with one attached hydrogen (secondary N) is 1. The molecule has 0 unspecified atom stereocenters. The maximum atomic E-state index is 10.2. The van der Waals surface area contributed by atoms with Gasteiger partial charge in [-0.1, -0.05) is 0 Å². The maximum absolute atomic E-state index is 10.2. The highest BCUT2D eigenvalue weighted by Gasteiger charge is 2.05. The van der Waals surface area contributed by atoms with Crippen molar-refractivity contribution in [1.29, 1.82) is 0 Å². The molecule has 0 aliphatic heterocycles. The van der Waals surface area contributed by atoms with Gasteiger partial charge in [0.1, 0.15) is 6.04 Å². The van der Waals surface area contributed by atoms with Gasteiger partial charge in [-0.05, 0) is 12.8 Å². The molecule has 6 N–H and O–H groups in total. The normalized spacial score (nSPS) is 12.1. The quantitative estimate of drug-likeness (QED) is 0.390. The first-order valence-electron chi connectivity index (χ1n) is 4.11. The predicted octanol–water partition coefficient (Wildman–Crippen LogP) is -2.81. The molecule has 0 saturated heterocycles. The molecule has 1 atom stereocenters. The van der Waals surface area contributed by atoms with Gasteiger partial charge in [0.15, 0.2) is 0 Å². The number of carbonyl (C=O) groups excluding carboxylic acids is 2. The van der Waals surface area contributed by atoms with Gasteiger partial charge in [-0.3, -0.25) is 0 Å². The summed E-state index contributed by atoms with van der Waals surface area (Å²) in [6.45, 7) is 0.467. The van der Waals surface area contributed by atoms with E-state index in [0.29, 0.717) is 25.8 Å². The van der Waals surface area contributed by atoms with E-state index in [1.165, 1.54) is 0 Å². The summed E-state index contributed by atoms with van der Waals surface area (Å²) in [7, 11) is 0. The minimum Gasteiger partial charge on any atom is -0.544 e. The number of carboxylic acids is 1. The predicted molar refractivity (Wildman–Crippen MR) is 43.1 cm³/mol. The average Bonchev–Trinajstić information content (AvgIpc) is 2.02. The summed E-state index contributed by atoms with van der Waals surface area (Å²) >= 11 is 0. The number of rotatable bonds is 6. The Balaban J connectivity index is 3.26. The number of hydrogen-bond donors (Lipinski definition) is 3. The monoisotopic (exact) mass is 189 g/mol. The van der Waals surface area contributed by atoms with Crippen LogP contribution in [0.5, 0.6) is 0 Å². The fraction of sp³-hybridized carbons (Fsp3) is 0.714. The highest BCUT2D eigenvalue weighted by Crippen LogP contribution is 1.95. The number of nitrogens with two attached hydrogens (primary N) is 1. The maximum Gasteiger partial charge on any atom is 0.312 e.